The molecule has 0 aliphatic carbocycles. The standard InChI is InChI=1S/C11H11F2N3O2/c1-14-6-9-15-10(18-16-9)7-4-2-3-5-8(7)17-11(12)13/h2-5,11,14H,6H2,1H3. The molecule has 0 saturated heterocycles. The van der Waals surface area contributed by atoms with Crippen molar-refractivity contribution in [1.29, 1.82) is 0 Å². The van der Waals surface area contributed by atoms with Gasteiger partial charge in [-0.3, -0.25) is 0 Å². The zero-order chi connectivity index (χ0) is 13.0. The Balaban J connectivity index is 2.30. The molecule has 0 spiro atoms. The minimum atomic E-state index is -2.90. The lowest BCUT2D eigenvalue weighted by Gasteiger charge is -2.06. The molecule has 5 nitrogen and oxygen atoms in total. The Bertz CT molecular complexity index is 516. The molecule has 1 N–H and O–H groups in total. The quantitative estimate of drug-likeness (QED) is 0.886. The number of para-hydroxylation sites is 1. The van der Waals surface area contributed by atoms with Crippen LogP contribution in [0, 0.1) is 0 Å². The Labute approximate surface area is 102 Å². The summed E-state index contributed by atoms with van der Waals surface area (Å²) in [5.41, 5.74) is 0.340. The van der Waals surface area contributed by atoms with E-state index in [2.05, 4.69) is 20.2 Å². The lowest BCUT2D eigenvalue weighted by atomic mass is 10.2. The van der Waals surface area contributed by atoms with Crippen molar-refractivity contribution in [2.75, 3.05) is 7.05 Å². The van der Waals surface area contributed by atoms with Crippen molar-refractivity contribution in [1.82, 2.24) is 15.5 Å². The Morgan fingerprint density at radius 3 is 2.89 bits per heavy atom. The molecule has 1 heterocycles. The van der Waals surface area contributed by atoms with Crippen LogP contribution in [0.2, 0.25) is 0 Å². The van der Waals surface area contributed by atoms with Gasteiger partial charge in [-0.1, -0.05) is 17.3 Å². The van der Waals surface area contributed by atoms with E-state index in [1.807, 2.05) is 0 Å². The number of hydrogen-bond acceptors (Lipinski definition) is 5. The molecular formula is C11H11F2N3O2. The molecule has 0 atom stereocenters. The number of ether oxygens (including phenoxy) is 1. The van der Waals surface area contributed by atoms with E-state index in [-0.39, 0.29) is 11.6 Å². The highest BCUT2D eigenvalue weighted by atomic mass is 19.3. The summed E-state index contributed by atoms with van der Waals surface area (Å²) in [5, 5.41) is 6.57. The largest absolute Gasteiger partial charge is 0.434 e. The zero-order valence-electron chi connectivity index (χ0n) is 9.56. The summed E-state index contributed by atoms with van der Waals surface area (Å²) in [4.78, 5) is 4.07. The van der Waals surface area contributed by atoms with Gasteiger partial charge in [0.05, 0.1) is 12.1 Å². The van der Waals surface area contributed by atoms with Gasteiger partial charge in [-0.25, -0.2) is 0 Å². The average molecular weight is 255 g/mol. The van der Waals surface area contributed by atoms with E-state index in [0.717, 1.165) is 0 Å². The van der Waals surface area contributed by atoms with Gasteiger partial charge in [0, 0.05) is 0 Å². The van der Waals surface area contributed by atoms with Gasteiger partial charge in [-0.2, -0.15) is 13.8 Å². The first-order valence-corrected chi connectivity index (χ1v) is 5.22. The second-order valence-electron chi connectivity index (χ2n) is 3.42. The first kappa shape index (κ1) is 12.4. The predicted molar refractivity (Wildman–Crippen MR) is 59.1 cm³/mol. The lowest BCUT2D eigenvalue weighted by molar-refractivity contribution is -0.0495. The van der Waals surface area contributed by atoms with Gasteiger partial charge in [-0.15, -0.1) is 0 Å². The van der Waals surface area contributed by atoms with Crippen molar-refractivity contribution in [2.24, 2.45) is 0 Å². The number of aromatic nitrogens is 2. The Kier molecular flexibility index (Phi) is 3.83. The van der Waals surface area contributed by atoms with Crippen LogP contribution in [0.1, 0.15) is 5.82 Å². The third kappa shape index (κ3) is 2.80. The monoisotopic (exact) mass is 255 g/mol. The van der Waals surface area contributed by atoms with Gasteiger partial charge in [0.2, 0.25) is 0 Å². The Morgan fingerprint density at radius 1 is 1.39 bits per heavy atom. The summed E-state index contributed by atoms with van der Waals surface area (Å²) in [6, 6.07) is 6.26. The van der Waals surface area contributed by atoms with Crippen LogP contribution >= 0.6 is 0 Å². The fourth-order valence-electron chi connectivity index (χ4n) is 1.44. The molecular weight excluding hydrogens is 244 g/mol. The molecule has 0 aliphatic heterocycles. The van der Waals surface area contributed by atoms with Crippen LogP contribution in [0.3, 0.4) is 0 Å². The summed E-state index contributed by atoms with van der Waals surface area (Å²) in [6.07, 6.45) is 0. The summed E-state index contributed by atoms with van der Waals surface area (Å²) in [6.45, 7) is -2.47. The number of nitrogens with one attached hydrogen (secondary N) is 1. The van der Waals surface area contributed by atoms with Crippen LogP contribution < -0.4 is 10.1 Å². The maximum Gasteiger partial charge on any atom is 0.387 e. The van der Waals surface area contributed by atoms with Gasteiger partial charge < -0.3 is 14.6 Å². The van der Waals surface area contributed by atoms with Crippen molar-refractivity contribution in [3.05, 3.63) is 30.1 Å². The van der Waals surface area contributed by atoms with Crippen LogP contribution in [-0.2, 0) is 6.54 Å². The van der Waals surface area contributed by atoms with Gasteiger partial charge in [0.15, 0.2) is 5.82 Å². The van der Waals surface area contributed by atoms with E-state index in [1.165, 1.54) is 6.07 Å². The molecule has 0 unspecified atom stereocenters. The molecule has 0 amide bonds. The molecule has 2 rings (SSSR count). The molecule has 0 bridgehead atoms. The average Bonchev–Trinajstić information content (AvgIpc) is 2.78. The number of halogens is 2. The van der Waals surface area contributed by atoms with Crippen LogP contribution in [-0.4, -0.2) is 23.8 Å². The fraction of sp³-hybridized carbons (Fsp3) is 0.273. The number of hydrogen-bond donors (Lipinski definition) is 1. The van der Waals surface area contributed by atoms with Gasteiger partial charge in [0.1, 0.15) is 5.75 Å². The highest BCUT2D eigenvalue weighted by Crippen LogP contribution is 2.29. The summed E-state index contributed by atoms with van der Waals surface area (Å²) in [7, 11) is 1.74. The number of benzene rings is 1. The molecule has 0 radical (unpaired) electrons. The Morgan fingerprint density at radius 2 is 2.17 bits per heavy atom. The van der Waals surface area contributed by atoms with Gasteiger partial charge in [-0.05, 0) is 19.2 Å². The van der Waals surface area contributed by atoms with Crippen molar-refractivity contribution in [3.63, 3.8) is 0 Å². The van der Waals surface area contributed by atoms with Crippen molar-refractivity contribution in [2.45, 2.75) is 13.2 Å². The molecule has 1 aromatic carbocycles. The molecule has 0 aliphatic rings. The second-order valence-corrected chi connectivity index (χ2v) is 3.42. The summed E-state index contributed by atoms with van der Waals surface area (Å²) in [5.74, 6) is 0.600. The third-order valence-corrected chi connectivity index (χ3v) is 2.14. The third-order valence-electron chi connectivity index (χ3n) is 2.14. The fourth-order valence-corrected chi connectivity index (χ4v) is 1.44. The highest BCUT2D eigenvalue weighted by molar-refractivity contribution is 5.62. The van der Waals surface area contributed by atoms with Crippen molar-refractivity contribution >= 4 is 0 Å². The molecule has 96 valence electrons. The minimum Gasteiger partial charge on any atom is -0.434 e. The van der Waals surface area contributed by atoms with Crippen molar-refractivity contribution in [3.8, 4) is 17.2 Å². The predicted octanol–water partition coefficient (Wildman–Crippen LogP) is 2.06. The van der Waals surface area contributed by atoms with Gasteiger partial charge in [0.25, 0.3) is 5.89 Å². The summed E-state index contributed by atoms with van der Waals surface area (Å²) < 4.78 is 33.9. The van der Waals surface area contributed by atoms with E-state index in [4.69, 9.17) is 4.52 Å². The van der Waals surface area contributed by atoms with E-state index in [1.54, 1.807) is 25.2 Å². The maximum absolute atomic E-state index is 12.2. The molecule has 0 fully saturated rings. The topological polar surface area (TPSA) is 60.2 Å². The Hall–Kier alpha value is -2.02. The molecule has 18 heavy (non-hydrogen) atoms. The summed E-state index contributed by atoms with van der Waals surface area (Å²) >= 11 is 0. The van der Waals surface area contributed by atoms with E-state index in [9.17, 15) is 8.78 Å². The number of rotatable bonds is 5. The zero-order valence-corrected chi connectivity index (χ0v) is 9.56. The van der Waals surface area contributed by atoms with E-state index < -0.39 is 6.61 Å². The number of alkyl halides is 2. The first-order valence-electron chi connectivity index (χ1n) is 5.22. The number of nitrogens with zero attached hydrogens (tertiary/aromatic N) is 2. The van der Waals surface area contributed by atoms with Gasteiger partial charge >= 0.3 is 6.61 Å². The SMILES string of the molecule is CNCc1noc(-c2ccccc2OC(F)F)n1. The van der Waals surface area contributed by atoms with Crippen LogP contribution in [0.5, 0.6) is 5.75 Å². The van der Waals surface area contributed by atoms with E-state index >= 15 is 0 Å². The maximum atomic E-state index is 12.2. The lowest BCUT2D eigenvalue weighted by Crippen LogP contribution is -2.06. The minimum absolute atomic E-state index is 0.00663. The smallest absolute Gasteiger partial charge is 0.387 e. The molecule has 0 saturated carbocycles. The normalized spacial score (nSPS) is 10.9. The van der Waals surface area contributed by atoms with Crippen LogP contribution in [0.4, 0.5) is 8.78 Å². The first-order chi connectivity index (χ1) is 8.70. The molecule has 7 heteroatoms. The molecule has 1 aromatic heterocycles. The molecule has 2 aromatic rings. The van der Waals surface area contributed by atoms with Crippen LogP contribution in [0.15, 0.2) is 28.8 Å². The second kappa shape index (κ2) is 5.54. The highest BCUT2D eigenvalue weighted by Gasteiger charge is 2.15. The van der Waals surface area contributed by atoms with Crippen LogP contribution in [0.25, 0.3) is 11.5 Å². The van der Waals surface area contributed by atoms with Crippen molar-refractivity contribution < 1.29 is 18.0 Å². The van der Waals surface area contributed by atoms with E-state index in [0.29, 0.717) is 17.9 Å².